The number of hydrogen-bond acceptors (Lipinski definition) is 4. The number of benzene rings is 1. The van der Waals surface area contributed by atoms with Gasteiger partial charge in [0.1, 0.15) is 5.75 Å². The predicted molar refractivity (Wildman–Crippen MR) is 102 cm³/mol. The second kappa shape index (κ2) is 7.62. The van der Waals surface area contributed by atoms with E-state index in [1.807, 2.05) is 37.6 Å². The molecule has 1 saturated carbocycles. The lowest BCUT2D eigenvalue weighted by Crippen LogP contribution is -2.47. The molecule has 5 nitrogen and oxygen atoms in total. The van der Waals surface area contributed by atoms with Crippen molar-refractivity contribution in [3.8, 4) is 5.75 Å². The number of pyridine rings is 1. The normalized spacial score (nSPS) is 26.7. The third kappa shape index (κ3) is 3.68. The highest BCUT2D eigenvalue weighted by molar-refractivity contribution is 5.87. The Morgan fingerprint density at radius 3 is 2.81 bits per heavy atom. The minimum absolute atomic E-state index is 0.0632. The van der Waals surface area contributed by atoms with Crippen LogP contribution in [0.15, 0.2) is 36.7 Å². The van der Waals surface area contributed by atoms with Crippen LogP contribution >= 0.6 is 0 Å². The van der Waals surface area contributed by atoms with Crippen molar-refractivity contribution in [2.45, 2.75) is 56.7 Å². The second-order valence-corrected chi connectivity index (χ2v) is 7.59. The summed E-state index contributed by atoms with van der Waals surface area (Å²) in [5, 5.41) is 5.48. The smallest absolute Gasteiger partial charge is 0.237 e. The molecule has 26 heavy (non-hydrogen) atoms. The van der Waals surface area contributed by atoms with Crippen LogP contribution in [0.4, 0.5) is 0 Å². The standard InChI is InChI=1S/C21H27N3O2/c1-24-13-3-5-19(24)21(25)23-16-7-9-17(10-8-16)26-20-6-2-4-15-14-22-12-11-18(15)20/h2,4,6,11-12,14,16-17,19H,3,5,7-10,13H2,1H3,(H,23,25)/t16?,17?,19-/m0/s1. The topological polar surface area (TPSA) is 54.5 Å². The van der Waals surface area contributed by atoms with E-state index in [1.165, 1.54) is 0 Å². The van der Waals surface area contributed by atoms with Gasteiger partial charge in [0.15, 0.2) is 0 Å². The van der Waals surface area contributed by atoms with Gasteiger partial charge in [-0.25, -0.2) is 0 Å². The first-order valence-electron chi connectivity index (χ1n) is 9.71. The number of carbonyl (C=O) groups is 1. The molecule has 2 aromatic rings. The number of likely N-dealkylation sites (N-methyl/N-ethyl adjacent to an activating group) is 1. The van der Waals surface area contributed by atoms with Crippen LogP contribution in [0.5, 0.6) is 5.75 Å². The summed E-state index contributed by atoms with van der Waals surface area (Å²) >= 11 is 0. The number of aromatic nitrogens is 1. The number of nitrogens with one attached hydrogen (secondary N) is 1. The van der Waals surface area contributed by atoms with Gasteiger partial charge in [-0.15, -0.1) is 0 Å². The van der Waals surface area contributed by atoms with Gasteiger partial charge in [0.2, 0.25) is 5.91 Å². The van der Waals surface area contributed by atoms with Crippen molar-refractivity contribution in [1.29, 1.82) is 0 Å². The number of rotatable bonds is 4. The Bertz CT molecular complexity index is 765. The van der Waals surface area contributed by atoms with Crippen molar-refractivity contribution in [3.63, 3.8) is 0 Å². The van der Waals surface area contributed by atoms with E-state index < -0.39 is 0 Å². The van der Waals surface area contributed by atoms with Gasteiger partial charge in [-0.3, -0.25) is 14.7 Å². The molecule has 1 atom stereocenters. The van der Waals surface area contributed by atoms with Gasteiger partial charge in [-0.05, 0) is 64.3 Å². The molecule has 1 aromatic heterocycles. The first kappa shape index (κ1) is 17.3. The van der Waals surface area contributed by atoms with Crippen molar-refractivity contribution in [3.05, 3.63) is 36.7 Å². The van der Waals surface area contributed by atoms with Crippen LogP contribution in [0.1, 0.15) is 38.5 Å². The molecule has 1 aromatic carbocycles. The molecule has 0 bridgehead atoms. The van der Waals surface area contributed by atoms with E-state index in [2.05, 4.69) is 21.3 Å². The molecule has 5 heteroatoms. The molecule has 1 aliphatic heterocycles. The molecule has 138 valence electrons. The first-order chi connectivity index (χ1) is 12.7. The molecule has 0 spiro atoms. The zero-order chi connectivity index (χ0) is 17.9. The molecule has 1 aliphatic carbocycles. The molecule has 0 radical (unpaired) electrons. The molecule has 0 unspecified atom stereocenters. The number of fused-ring (bicyclic) bond motifs is 1. The van der Waals surface area contributed by atoms with Crippen LogP contribution in [0.2, 0.25) is 0 Å². The Kier molecular flexibility index (Phi) is 5.07. The number of ether oxygens (including phenoxy) is 1. The summed E-state index contributed by atoms with van der Waals surface area (Å²) in [7, 11) is 2.04. The third-order valence-corrected chi connectivity index (χ3v) is 5.78. The highest BCUT2D eigenvalue weighted by Gasteiger charge is 2.30. The quantitative estimate of drug-likeness (QED) is 0.917. The van der Waals surface area contributed by atoms with E-state index in [4.69, 9.17) is 4.74 Å². The highest BCUT2D eigenvalue weighted by atomic mass is 16.5. The van der Waals surface area contributed by atoms with Crippen molar-refractivity contribution in [1.82, 2.24) is 15.2 Å². The van der Waals surface area contributed by atoms with Gasteiger partial charge in [-0.1, -0.05) is 12.1 Å². The summed E-state index contributed by atoms with van der Waals surface area (Å²) in [5.41, 5.74) is 0. The fourth-order valence-corrected chi connectivity index (χ4v) is 4.24. The van der Waals surface area contributed by atoms with E-state index in [9.17, 15) is 4.79 Å². The van der Waals surface area contributed by atoms with Gasteiger partial charge in [0, 0.05) is 29.2 Å². The van der Waals surface area contributed by atoms with Crippen LogP contribution in [-0.4, -0.2) is 47.6 Å². The molecule has 1 saturated heterocycles. The van der Waals surface area contributed by atoms with E-state index in [0.29, 0.717) is 0 Å². The lowest BCUT2D eigenvalue weighted by molar-refractivity contribution is -0.126. The van der Waals surface area contributed by atoms with Gasteiger partial charge in [0.05, 0.1) is 12.1 Å². The summed E-state index contributed by atoms with van der Waals surface area (Å²) in [6, 6.07) is 8.47. The Morgan fingerprint density at radius 1 is 1.19 bits per heavy atom. The fraction of sp³-hybridized carbons (Fsp3) is 0.524. The van der Waals surface area contributed by atoms with Crippen LogP contribution in [0, 0.1) is 0 Å². The van der Waals surface area contributed by atoms with Crippen molar-refractivity contribution in [2.24, 2.45) is 0 Å². The zero-order valence-corrected chi connectivity index (χ0v) is 15.4. The van der Waals surface area contributed by atoms with E-state index in [0.717, 1.165) is 61.6 Å². The molecule has 2 heterocycles. The van der Waals surface area contributed by atoms with Crippen molar-refractivity contribution >= 4 is 16.7 Å². The number of hydrogen-bond donors (Lipinski definition) is 1. The van der Waals surface area contributed by atoms with Crippen molar-refractivity contribution < 1.29 is 9.53 Å². The van der Waals surface area contributed by atoms with E-state index >= 15 is 0 Å². The van der Waals surface area contributed by atoms with Crippen LogP contribution in [0.25, 0.3) is 10.8 Å². The molecular weight excluding hydrogens is 326 g/mol. The Labute approximate surface area is 154 Å². The molecule has 2 aliphatic rings. The first-order valence-corrected chi connectivity index (χ1v) is 9.71. The Hall–Kier alpha value is -2.14. The van der Waals surface area contributed by atoms with E-state index in [-0.39, 0.29) is 24.1 Å². The molecule has 1 N–H and O–H groups in total. The molecule has 1 amide bonds. The number of amides is 1. The lowest BCUT2D eigenvalue weighted by Gasteiger charge is -2.31. The molecule has 4 rings (SSSR count). The zero-order valence-electron chi connectivity index (χ0n) is 15.4. The molecule has 2 fully saturated rings. The number of nitrogens with zero attached hydrogens (tertiary/aromatic N) is 2. The monoisotopic (exact) mass is 353 g/mol. The van der Waals surface area contributed by atoms with Crippen molar-refractivity contribution in [2.75, 3.05) is 13.6 Å². The maximum absolute atomic E-state index is 12.5. The summed E-state index contributed by atoms with van der Waals surface area (Å²) < 4.78 is 6.29. The average molecular weight is 353 g/mol. The average Bonchev–Trinajstić information content (AvgIpc) is 3.10. The summed E-state index contributed by atoms with van der Waals surface area (Å²) in [6.45, 7) is 1.03. The highest BCUT2D eigenvalue weighted by Crippen LogP contribution is 2.29. The lowest BCUT2D eigenvalue weighted by atomic mass is 9.92. The summed E-state index contributed by atoms with van der Waals surface area (Å²) in [4.78, 5) is 18.8. The van der Waals surface area contributed by atoms with Crippen LogP contribution in [0.3, 0.4) is 0 Å². The minimum atomic E-state index is 0.0632. The largest absolute Gasteiger partial charge is 0.490 e. The fourth-order valence-electron chi connectivity index (χ4n) is 4.24. The van der Waals surface area contributed by atoms with Gasteiger partial charge in [0.25, 0.3) is 0 Å². The number of carbonyl (C=O) groups excluding carboxylic acids is 1. The molecular formula is C21H27N3O2. The van der Waals surface area contributed by atoms with Crippen LogP contribution < -0.4 is 10.1 Å². The van der Waals surface area contributed by atoms with Crippen LogP contribution in [-0.2, 0) is 4.79 Å². The maximum atomic E-state index is 12.5. The number of likely N-dealkylation sites (tertiary alicyclic amines) is 1. The summed E-state index contributed by atoms with van der Waals surface area (Å²) in [6.07, 6.45) is 9.93. The Morgan fingerprint density at radius 2 is 2.04 bits per heavy atom. The maximum Gasteiger partial charge on any atom is 0.237 e. The Balaban J connectivity index is 1.31. The SMILES string of the molecule is CN1CCC[C@H]1C(=O)NC1CCC(Oc2cccc3cnccc23)CC1. The second-order valence-electron chi connectivity index (χ2n) is 7.59. The van der Waals surface area contributed by atoms with E-state index in [1.54, 1.807) is 0 Å². The predicted octanol–water partition coefficient (Wildman–Crippen LogP) is 3.14. The van der Waals surface area contributed by atoms with Gasteiger partial charge < -0.3 is 10.1 Å². The minimum Gasteiger partial charge on any atom is -0.490 e. The van der Waals surface area contributed by atoms with Gasteiger partial charge in [-0.2, -0.15) is 0 Å². The summed E-state index contributed by atoms with van der Waals surface area (Å²) in [5.74, 6) is 1.14. The van der Waals surface area contributed by atoms with Gasteiger partial charge >= 0.3 is 0 Å². The third-order valence-electron chi connectivity index (χ3n) is 5.78.